The lowest BCUT2D eigenvalue weighted by Crippen LogP contribution is -2.72. The molecule has 4 aliphatic heterocycles. The summed E-state index contributed by atoms with van der Waals surface area (Å²) >= 11 is 12.0. The molecule has 17 heteroatoms. The topological polar surface area (TPSA) is 154 Å². The van der Waals surface area contributed by atoms with Gasteiger partial charge in [0.25, 0.3) is 5.91 Å². The number of anilines is 3. The van der Waals surface area contributed by atoms with Crippen LogP contribution in [0.15, 0.2) is 12.4 Å². The largest absolute Gasteiger partial charge is 0.444 e. The van der Waals surface area contributed by atoms with Crippen molar-refractivity contribution >= 4 is 64.4 Å². The highest BCUT2D eigenvalue weighted by Gasteiger charge is 2.54. The average Bonchev–Trinajstić information content (AvgIpc) is 3.05. The van der Waals surface area contributed by atoms with Gasteiger partial charge in [-0.25, -0.2) is 24.5 Å². The summed E-state index contributed by atoms with van der Waals surface area (Å²) in [5.41, 5.74) is -1.45. The second kappa shape index (κ2) is 13.9. The Morgan fingerprint density at radius 2 is 1.24 bits per heavy atom. The molecular formula is C34H47Cl2N9O6. The molecule has 0 spiro atoms. The van der Waals surface area contributed by atoms with Gasteiger partial charge in [-0.1, -0.05) is 13.8 Å². The monoisotopic (exact) mass is 747 g/mol. The summed E-state index contributed by atoms with van der Waals surface area (Å²) < 4.78 is 11.0. The molecule has 0 radical (unpaired) electrons. The highest BCUT2D eigenvalue weighted by atomic mass is 35.5. The van der Waals surface area contributed by atoms with Gasteiger partial charge in [-0.2, -0.15) is 4.98 Å². The molecule has 278 valence electrons. The summed E-state index contributed by atoms with van der Waals surface area (Å²) in [5, 5.41) is 0.291. The smallest absolute Gasteiger partial charge is 0.410 e. The van der Waals surface area contributed by atoms with Crippen molar-refractivity contribution in [2.24, 2.45) is 0 Å². The van der Waals surface area contributed by atoms with E-state index in [4.69, 9.17) is 32.7 Å². The van der Waals surface area contributed by atoms with Gasteiger partial charge in [0.1, 0.15) is 33.8 Å². The van der Waals surface area contributed by atoms with E-state index in [2.05, 4.69) is 19.9 Å². The molecule has 2 aromatic rings. The van der Waals surface area contributed by atoms with E-state index in [1.54, 1.807) is 34.1 Å². The van der Waals surface area contributed by atoms with Crippen LogP contribution >= 0.6 is 23.2 Å². The summed E-state index contributed by atoms with van der Waals surface area (Å²) in [6.07, 6.45) is 3.72. The molecule has 0 bridgehead atoms. The lowest BCUT2D eigenvalue weighted by atomic mass is 9.80. The highest BCUT2D eigenvalue weighted by Crippen LogP contribution is 2.42. The van der Waals surface area contributed by atoms with Gasteiger partial charge in [0, 0.05) is 51.4 Å². The van der Waals surface area contributed by atoms with Crippen LogP contribution in [-0.2, 0) is 25.5 Å². The minimum absolute atomic E-state index is 0.0710. The van der Waals surface area contributed by atoms with Crippen LogP contribution in [0, 0.1) is 0 Å². The Hall–Kier alpha value is -3.98. The van der Waals surface area contributed by atoms with E-state index in [0.29, 0.717) is 56.3 Å². The Labute approximate surface area is 308 Å². The van der Waals surface area contributed by atoms with Crippen molar-refractivity contribution in [2.45, 2.75) is 96.9 Å². The molecule has 51 heavy (non-hydrogen) atoms. The molecule has 0 aliphatic carbocycles. The van der Waals surface area contributed by atoms with Crippen LogP contribution < -0.4 is 14.7 Å². The number of likely N-dealkylation sites (N-methyl/N-ethyl adjacent to an activating group) is 1. The molecule has 4 aliphatic rings. The fourth-order valence-electron chi connectivity index (χ4n) is 7.06. The van der Waals surface area contributed by atoms with E-state index in [-0.39, 0.29) is 47.9 Å². The molecular weight excluding hydrogens is 701 g/mol. The number of fused-ring (bicyclic) bond motifs is 6. The number of ether oxygens (including phenoxy) is 2. The predicted molar refractivity (Wildman–Crippen MR) is 193 cm³/mol. The van der Waals surface area contributed by atoms with Gasteiger partial charge in [0.2, 0.25) is 10.6 Å². The molecule has 2 unspecified atom stereocenters. The molecule has 2 aromatic heterocycles. The number of halogens is 2. The number of carbonyl (C=O) groups is 4. The number of nitrogens with zero attached hydrogens (tertiary/aromatic N) is 9. The summed E-state index contributed by atoms with van der Waals surface area (Å²) in [7, 11) is 1.69. The van der Waals surface area contributed by atoms with Crippen LogP contribution in [0.4, 0.5) is 26.9 Å². The third kappa shape index (κ3) is 7.37. The first kappa shape index (κ1) is 38.3. The van der Waals surface area contributed by atoms with Crippen LogP contribution in [0.5, 0.6) is 0 Å². The third-order valence-corrected chi connectivity index (χ3v) is 9.94. The Morgan fingerprint density at radius 1 is 0.765 bits per heavy atom. The zero-order chi connectivity index (χ0) is 37.7. The average molecular weight is 749 g/mol. The summed E-state index contributed by atoms with van der Waals surface area (Å²) in [4.78, 5) is 76.6. The second-order valence-corrected chi connectivity index (χ2v) is 15.9. The molecule has 0 N–H and O–H groups in total. The molecule has 6 rings (SSSR count). The zero-order valence-electron chi connectivity index (χ0n) is 30.7. The van der Waals surface area contributed by atoms with Gasteiger partial charge in [0.05, 0.1) is 19.3 Å². The van der Waals surface area contributed by atoms with Crippen molar-refractivity contribution in [1.29, 1.82) is 0 Å². The van der Waals surface area contributed by atoms with E-state index in [1.807, 2.05) is 65.2 Å². The number of carbonyl (C=O) groups excluding carboxylic acids is 4. The number of piperazine rings is 2. The van der Waals surface area contributed by atoms with Crippen LogP contribution in [0.2, 0.25) is 10.6 Å². The number of amides is 3. The zero-order valence-corrected chi connectivity index (χ0v) is 32.3. The number of Topliss-reactive ketones (excluding diaryl/α,β-unsaturated/α-hetero) is 1. The number of ketones is 1. The number of rotatable bonds is 2. The van der Waals surface area contributed by atoms with Crippen LogP contribution in [-0.4, -0.2) is 122 Å². The molecule has 0 aromatic carbocycles. The maximum Gasteiger partial charge on any atom is 0.410 e. The molecule has 2 fully saturated rings. The van der Waals surface area contributed by atoms with Gasteiger partial charge < -0.3 is 34.0 Å². The van der Waals surface area contributed by atoms with Crippen molar-refractivity contribution < 1.29 is 28.7 Å². The van der Waals surface area contributed by atoms with Crippen molar-refractivity contribution in [3.63, 3.8) is 0 Å². The quantitative estimate of drug-likeness (QED) is 0.389. The Kier molecular flexibility index (Phi) is 10.4. The van der Waals surface area contributed by atoms with Crippen molar-refractivity contribution in [3.8, 4) is 0 Å². The van der Waals surface area contributed by atoms with E-state index in [9.17, 15) is 19.2 Å². The molecule has 2 atom stereocenters. The molecule has 15 nitrogen and oxygen atoms in total. The molecule has 3 amide bonds. The van der Waals surface area contributed by atoms with E-state index < -0.39 is 28.4 Å². The van der Waals surface area contributed by atoms with Crippen molar-refractivity contribution in [2.75, 3.05) is 61.0 Å². The fourth-order valence-corrected chi connectivity index (χ4v) is 7.32. The highest BCUT2D eigenvalue weighted by molar-refractivity contribution is 6.28. The summed E-state index contributed by atoms with van der Waals surface area (Å²) in [5.74, 6) is 1.30. The van der Waals surface area contributed by atoms with E-state index in [1.165, 1.54) is 0 Å². The first-order valence-electron chi connectivity index (χ1n) is 17.1. The van der Waals surface area contributed by atoms with Gasteiger partial charge in [-0.15, -0.1) is 0 Å². The van der Waals surface area contributed by atoms with Crippen molar-refractivity contribution in [1.82, 2.24) is 29.7 Å². The van der Waals surface area contributed by atoms with Crippen LogP contribution in [0.25, 0.3) is 0 Å². The first-order chi connectivity index (χ1) is 23.7. The Bertz CT molecular complexity index is 1720. The lowest BCUT2D eigenvalue weighted by Gasteiger charge is -2.53. The van der Waals surface area contributed by atoms with Gasteiger partial charge in [-0.05, 0) is 77.6 Å². The first-order valence-corrected chi connectivity index (χ1v) is 17.9. The SMILES string of the molecule is CCC12CN(C(=O)OC(C)(C)C)CCN1c1nc(Cl)ncc1CC2=O.CCC12CN(C(=O)OC(C)(C)C)CCN1c1nc(Cl)ncc1N(C)C2=O. The third-order valence-electron chi connectivity index (χ3n) is 9.58. The number of aromatic nitrogens is 4. The number of hydrogen-bond acceptors (Lipinski definition) is 12. The minimum atomic E-state index is -0.894. The maximum absolute atomic E-state index is 13.2. The minimum Gasteiger partial charge on any atom is -0.444 e. The Morgan fingerprint density at radius 3 is 1.75 bits per heavy atom. The van der Waals surface area contributed by atoms with Gasteiger partial charge in [0.15, 0.2) is 11.6 Å². The fraction of sp³-hybridized carbons (Fsp3) is 0.647. The van der Waals surface area contributed by atoms with Crippen LogP contribution in [0.1, 0.15) is 73.8 Å². The van der Waals surface area contributed by atoms with Crippen molar-refractivity contribution in [3.05, 3.63) is 28.5 Å². The summed E-state index contributed by atoms with van der Waals surface area (Å²) in [6, 6.07) is 0. The molecule has 6 heterocycles. The van der Waals surface area contributed by atoms with E-state index in [0.717, 1.165) is 5.56 Å². The Balaban J connectivity index is 0.000000198. The normalized spacial score (nSPS) is 23.0. The van der Waals surface area contributed by atoms with Gasteiger partial charge in [-0.3, -0.25) is 9.59 Å². The van der Waals surface area contributed by atoms with E-state index >= 15 is 0 Å². The molecule has 0 saturated carbocycles. The lowest BCUT2D eigenvalue weighted by molar-refractivity contribution is -0.126. The second-order valence-electron chi connectivity index (χ2n) is 15.2. The molecule has 2 saturated heterocycles. The predicted octanol–water partition coefficient (Wildman–Crippen LogP) is 4.77. The number of hydrogen-bond donors (Lipinski definition) is 0. The summed E-state index contributed by atoms with van der Waals surface area (Å²) in [6.45, 7) is 17.3. The standard InChI is InChI=1S/C17H24ClN5O3.C17H23ClN4O3/c1-6-17-10-22(15(25)26-16(2,3)4)7-8-23(17)12-11(21(5)13(17)24)9-19-14(18)20-12;1-5-17-10-21(15(24)25-16(2,3)4)6-7-22(17)13-11(8-12(17)23)9-19-14(18)20-13/h9H,6-8,10H2,1-5H3;9H,5-8,10H2,1-4H3. The maximum atomic E-state index is 13.2. The van der Waals surface area contributed by atoms with Gasteiger partial charge >= 0.3 is 12.2 Å². The van der Waals surface area contributed by atoms with Crippen LogP contribution in [0.3, 0.4) is 0 Å².